The maximum Gasteiger partial charge on any atom is 0.262 e. The molecule has 1 aliphatic rings. The van der Waals surface area contributed by atoms with Crippen LogP contribution in [-0.4, -0.2) is 8.42 Å². The molecule has 1 N–H and O–H groups in total. The first-order valence-electron chi connectivity index (χ1n) is 8.98. The highest BCUT2D eigenvalue weighted by Crippen LogP contribution is 2.35. The van der Waals surface area contributed by atoms with Crippen LogP contribution in [0, 0.1) is 19.8 Å². The van der Waals surface area contributed by atoms with Crippen molar-refractivity contribution >= 4 is 26.7 Å². The molecule has 0 amide bonds. The lowest BCUT2D eigenvalue weighted by Gasteiger charge is -2.16. The molecule has 1 atom stereocenters. The second kappa shape index (κ2) is 6.16. The standard InChI is InChI=1S/C21H23NO3S/c1-13-5-9-21(15(3)10-13)26(23,24)22-16-6-8-20-18(12-16)17-11-14(2)4-7-19(17)25-20/h5-6,8-10,12,14,22H,4,7,11H2,1-3H3/t14-/m1/s1. The molecule has 2 aromatic carbocycles. The Morgan fingerprint density at radius 1 is 1.12 bits per heavy atom. The number of benzene rings is 2. The summed E-state index contributed by atoms with van der Waals surface area (Å²) in [4.78, 5) is 0.311. The average Bonchev–Trinajstić information content (AvgIpc) is 2.91. The second-order valence-corrected chi connectivity index (χ2v) is 9.09. The van der Waals surface area contributed by atoms with Gasteiger partial charge in [-0.3, -0.25) is 4.72 Å². The lowest BCUT2D eigenvalue weighted by molar-refractivity contribution is 0.438. The second-order valence-electron chi connectivity index (χ2n) is 7.44. The Labute approximate surface area is 154 Å². The van der Waals surface area contributed by atoms with Crippen LogP contribution in [0.3, 0.4) is 0 Å². The van der Waals surface area contributed by atoms with Gasteiger partial charge in [-0.15, -0.1) is 0 Å². The van der Waals surface area contributed by atoms with Crippen molar-refractivity contribution in [1.82, 2.24) is 0 Å². The number of hydrogen-bond donors (Lipinski definition) is 1. The first-order valence-corrected chi connectivity index (χ1v) is 10.5. The Morgan fingerprint density at radius 3 is 2.69 bits per heavy atom. The molecule has 4 nitrogen and oxygen atoms in total. The highest BCUT2D eigenvalue weighted by Gasteiger charge is 2.23. The minimum atomic E-state index is -3.63. The number of anilines is 1. The Kier molecular flexibility index (Phi) is 4.07. The minimum absolute atomic E-state index is 0.311. The monoisotopic (exact) mass is 369 g/mol. The molecular formula is C21H23NO3S. The molecule has 5 heteroatoms. The predicted octanol–water partition coefficient (Wildman–Crippen LogP) is 4.98. The molecule has 1 aliphatic carbocycles. The van der Waals surface area contributed by atoms with Gasteiger partial charge in [0.05, 0.1) is 4.90 Å². The number of fused-ring (bicyclic) bond motifs is 3. The van der Waals surface area contributed by atoms with E-state index in [2.05, 4.69) is 11.6 Å². The van der Waals surface area contributed by atoms with E-state index < -0.39 is 10.0 Å². The molecule has 0 radical (unpaired) electrons. The first-order chi connectivity index (χ1) is 12.3. The van der Waals surface area contributed by atoms with E-state index in [9.17, 15) is 8.42 Å². The quantitative estimate of drug-likeness (QED) is 0.709. The van der Waals surface area contributed by atoms with Crippen LogP contribution in [0.1, 0.15) is 35.8 Å². The molecule has 0 saturated carbocycles. The van der Waals surface area contributed by atoms with E-state index in [1.807, 2.05) is 38.1 Å². The van der Waals surface area contributed by atoms with Crippen LogP contribution in [0.4, 0.5) is 5.69 Å². The number of nitrogens with one attached hydrogen (secondary N) is 1. The van der Waals surface area contributed by atoms with Crippen LogP contribution >= 0.6 is 0 Å². The van der Waals surface area contributed by atoms with Crippen molar-refractivity contribution in [3.8, 4) is 0 Å². The number of aryl methyl sites for hydroxylation is 3. The van der Waals surface area contributed by atoms with Crippen LogP contribution in [0.25, 0.3) is 11.0 Å². The summed E-state index contributed by atoms with van der Waals surface area (Å²) in [5.74, 6) is 1.67. The van der Waals surface area contributed by atoms with E-state index in [1.54, 1.807) is 12.1 Å². The fraction of sp³-hybridized carbons (Fsp3) is 0.333. The van der Waals surface area contributed by atoms with Crippen molar-refractivity contribution in [3.63, 3.8) is 0 Å². The molecule has 0 aliphatic heterocycles. The van der Waals surface area contributed by atoms with Crippen molar-refractivity contribution in [1.29, 1.82) is 0 Å². The van der Waals surface area contributed by atoms with Crippen LogP contribution in [-0.2, 0) is 22.9 Å². The smallest absolute Gasteiger partial charge is 0.262 e. The Balaban J connectivity index is 1.72. The SMILES string of the molecule is Cc1ccc(S(=O)(=O)Nc2ccc3oc4c(c3c2)C[C@H](C)CC4)c(C)c1. The van der Waals surface area contributed by atoms with Crippen LogP contribution in [0.15, 0.2) is 45.7 Å². The fourth-order valence-corrected chi connectivity index (χ4v) is 5.10. The van der Waals surface area contributed by atoms with E-state index in [4.69, 9.17) is 4.42 Å². The highest BCUT2D eigenvalue weighted by atomic mass is 32.2. The summed E-state index contributed by atoms with van der Waals surface area (Å²) >= 11 is 0. The van der Waals surface area contributed by atoms with Gasteiger partial charge in [-0.25, -0.2) is 8.42 Å². The summed E-state index contributed by atoms with van der Waals surface area (Å²) < 4.78 is 34.3. The van der Waals surface area contributed by atoms with Gasteiger partial charge in [0.2, 0.25) is 0 Å². The van der Waals surface area contributed by atoms with Gasteiger partial charge in [0.25, 0.3) is 10.0 Å². The van der Waals surface area contributed by atoms with E-state index in [0.717, 1.165) is 47.1 Å². The zero-order chi connectivity index (χ0) is 18.5. The molecule has 0 fully saturated rings. The molecule has 3 aromatic rings. The Morgan fingerprint density at radius 2 is 1.92 bits per heavy atom. The summed E-state index contributed by atoms with van der Waals surface area (Å²) in [6.45, 7) is 6.01. The topological polar surface area (TPSA) is 59.3 Å². The third kappa shape index (κ3) is 3.01. The van der Waals surface area contributed by atoms with E-state index in [1.165, 1.54) is 5.56 Å². The Hall–Kier alpha value is -2.27. The summed E-state index contributed by atoms with van der Waals surface area (Å²) in [7, 11) is -3.63. The van der Waals surface area contributed by atoms with Crippen molar-refractivity contribution < 1.29 is 12.8 Å². The summed E-state index contributed by atoms with van der Waals surface area (Å²) in [6.07, 6.45) is 3.07. The largest absolute Gasteiger partial charge is 0.461 e. The third-order valence-corrected chi connectivity index (χ3v) is 6.70. The van der Waals surface area contributed by atoms with Gasteiger partial charge in [-0.1, -0.05) is 24.6 Å². The molecule has 0 spiro atoms. The molecule has 0 unspecified atom stereocenters. The van der Waals surface area contributed by atoms with E-state index in [0.29, 0.717) is 16.5 Å². The minimum Gasteiger partial charge on any atom is -0.461 e. The van der Waals surface area contributed by atoms with Gasteiger partial charge < -0.3 is 4.42 Å². The summed E-state index contributed by atoms with van der Waals surface area (Å²) in [6, 6.07) is 10.9. The van der Waals surface area contributed by atoms with Gasteiger partial charge in [0.15, 0.2) is 0 Å². The summed E-state index contributed by atoms with van der Waals surface area (Å²) in [5, 5.41) is 1.02. The molecule has 136 valence electrons. The van der Waals surface area contributed by atoms with Gasteiger partial charge in [-0.2, -0.15) is 0 Å². The maximum atomic E-state index is 12.8. The maximum absolute atomic E-state index is 12.8. The van der Waals surface area contributed by atoms with E-state index >= 15 is 0 Å². The molecule has 0 saturated heterocycles. The van der Waals surface area contributed by atoms with Crippen molar-refractivity contribution in [2.45, 2.75) is 44.9 Å². The predicted molar refractivity (Wildman–Crippen MR) is 104 cm³/mol. The molecule has 1 aromatic heterocycles. The molecule has 4 rings (SSSR count). The first kappa shape index (κ1) is 17.2. The highest BCUT2D eigenvalue weighted by molar-refractivity contribution is 7.92. The van der Waals surface area contributed by atoms with Crippen molar-refractivity contribution in [3.05, 3.63) is 58.8 Å². The zero-order valence-electron chi connectivity index (χ0n) is 15.3. The fourth-order valence-electron chi connectivity index (χ4n) is 3.83. The lowest BCUT2D eigenvalue weighted by atomic mass is 9.88. The number of rotatable bonds is 3. The number of sulfonamides is 1. The third-order valence-electron chi connectivity index (χ3n) is 5.16. The summed E-state index contributed by atoms with van der Waals surface area (Å²) in [5.41, 5.74) is 4.42. The molecular weight excluding hydrogens is 346 g/mol. The average molecular weight is 369 g/mol. The van der Waals surface area contributed by atoms with Gasteiger partial charge in [0.1, 0.15) is 11.3 Å². The molecule has 26 heavy (non-hydrogen) atoms. The Bertz CT molecular complexity index is 1100. The zero-order valence-corrected chi connectivity index (χ0v) is 16.1. The van der Waals surface area contributed by atoms with E-state index in [-0.39, 0.29) is 0 Å². The molecule has 0 bridgehead atoms. The van der Waals surface area contributed by atoms with Crippen molar-refractivity contribution in [2.24, 2.45) is 5.92 Å². The van der Waals surface area contributed by atoms with Gasteiger partial charge >= 0.3 is 0 Å². The number of furan rings is 1. The lowest BCUT2D eigenvalue weighted by Crippen LogP contribution is -2.14. The molecule has 1 heterocycles. The number of hydrogen-bond acceptors (Lipinski definition) is 3. The van der Waals surface area contributed by atoms with Crippen LogP contribution in [0.2, 0.25) is 0 Å². The van der Waals surface area contributed by atoms with Crippen molar-refractivity contribution in [2.75, 3.05) is 4.72 Å². The normalized spacial score (nSPS) is 17.3. The van der Waals surface area contributed by atoms with Crippen LogP contribution < -0.4 is 4.72 Å². The van der Waals surface area contributed by atoms with Crippen LogP contribution in [0.5, 0.6) is 0 Å². The van der Waals surface area contributed by atoms with Gasteiger partial charge in [-0.05, 0) is 62.4 Å². The van der Waals surface area contributed by atoms with Gasteiger partial charge in [0, 0.05) is 23.1 Å².